The van der Waals surface area contributed by atoms with E-state index < -0.39 is 0 Å². The second-order valence-corrected chi connectivity index (χ2v) is 3.01. The molecule has 6 heteroatoms. The Morgan fingerprint density at radius 1 is 1.62 bits per heavy atom. The standard InChI is InChI=1S/C7H16N6/c1-3-6(8)4-5-9-7-10-11-12-13(7)2/h6H,3-5,8H2,1-2H3,(H,9,10,12). The lowest BCUT2D eigenvalue weighted by molar-refractivity contribution is 0.610. The lowest BCUT2D eigenvalue weighted by Crippen LogP contribution is -2.22. The van der Waals surface area contributed by atoms with Gasteiger partial charge in [0.1, 0.15) is 0 Å². The molecule has 1 unspecified atom stereocenters. The van der Waals surface area contributed by atoms with Crippen LogP contribution >= 0.6 is 0 Å². The number of hydrogen-bond acceptors (Lipinski definition) is 5. The number of tetrazole rings is 1. The predicted octanol–water partition coefficient (Wildman–Crippen LogP) is -0.251. The fourth-order valence-electron chi connectivity index (χ4n) is 0.953. The molecule has 0 aromatic carbocycles. The smallest absolute Gasteiger partial charge is 0.242 e. The Balaban J connectivity index is 2.24. The van der Waals surface area contributed by atoms with Crippen molar-refractivity contribution in [2.75, 3.05) is 11.9 Å². The van der Waals surface area contributed by atoms with Gasteiger partial charge in [0.05, 0.1) is 0 Å². The van der Waals surface area contributed by atoms with Gasteiger partial charge in [-0.15, -0.1) is 0 Å². The van der Waals surface area contributed by atoms with E-state index in [1.807, 2.05) is 0 Å². The summed E-state index contributed by atoms with van der Waals surface area (Å²) in [4.78, 5) is 0. The first-order chi connectivity index (χ1) is 6.24. The van der Waals surface area contributed by atoms with Gasteiger partial charge < -0.3 is 11.1 Å². The Bertz CT molecular complexity index is 245. The lowest BCUT2D eigenvalue weighted by atomic mass is 10.2. The van der Waals surface area contributed by atoms with Crippen LogP contribution in [0.4, 0.5) is 5.95 Å². The molecule has 0 aliphatic heterocycles. The van der Waals surface area contributed by atoms with Crippen LogP contribution in [0, 0.1) is 0 Å². The molecule has 1 aromatic rings. The maximum Gasteiger partial charge on any atom is 0.242 e. The van der Waals surface area contributed by atoms with E-state index in [-0.39, 0.29) is 6.04 Å². The van der Waals surface area contributed by atoms with Gasteiger partial charge in [0.15, 0.2) is 0 Å². The normalized spacial score (nSPS) is 12.8. The van der Waals surface area contributed by atoms with Crippen molar-refractivity contribution in [1.82, 2.24) is 20.2 Å². The molecule has 1 atom stereocenters. The van der Waals surface area contributed by atoms with E-state index in [0.717, 1.165) is 19.4 Å². The average Bonchev–Trinajstić information content (AvgIpc) is 2.52. The minimum absolute atomic E-state index is 0.258. The summed E-state index contributed by atoms with van der Waals surface area (Å²) in [7, 11) is 1.79. The van der Waals surface area contributed by atoms with Gasteiger partial charge >= 0.3 is 0 Å². The van der Waals surface area contributed by atoms with E-state index in [1.165, 1.54) is 0 Å². The van der Waals surface area contributed by atoms with Crippen LogP contribution in [-0.4, -0.2) is 32.8 Å². The lowest BCUT2D eigenvalue weighted by Gasteiger charge is -2.08. The number of anilines is 1. The molecule has 0 spiro atoms. The Labute approximate surface area is 77.5 Å². The highest BCUT2D eigenvalue weighted by Crippen LogP contribution is 1.98. The Kier molecular flexibility index (Phi) is 3.63. The fraction of sp³-hybridized carbons (Fsp3) is 0.857. The number of aryl methyl sites for hydroxylation is 1. The van der Waals surface area contributed by atoms with Gasteiger partial charge in [0.25, 0.3) is 0 Å². The number of nitrogens with two attached hydrogens (primary N) is 1. The zero-order valence-electron chi connectivity index (χ0n) is 8.06. The number of hydrogen-bond donors (Lipinski definition) is 2. The van der Waals surface area contributed by atoms with Gasteiger partial charge in [-0.05, 0) is 23.3 Å². The number of aromatic nitrogens is 4. The maximum atomic E-state index is 5.75. The van der Waals surface area contributed by atoms with Crippen LogP contribution in [0.3, 0.4) is 0 Å². The first kappa shape index (κ1) is 9.91. The fourth-order valence-corrected chi connectivity index (χ4v) is 0.953. The van der Waals surface area contributed by atoms with E-state index in [1.54, 1.807) is 11.7 Å². The van der Waals surface area contributed by atoms with Crippen LogP contribution in [0.5, 0.6) is 0 Å². The van der Waals surface area contributed by atoms with Crippen molar-refractivity contribution < 1.29 is 0 Å². The highest BCUT2D eigenvalue weighted by molar-refractivity contribution is 5.20. The quantitative estimate of drug-likeness (QED) is 0.659. The molecule has 0 saturated carbocycles. The van der Waals surface area contributed by atoms with Gasteiger partial charge in [-0.1, -0.05) is 12.0 Å². The van der Waals surface area contributed by atoms with E-state index in [4.69, 9.17) is 5.73 Å². The van der Waals surface area contributed by atoms with Gasteiger partial charge in [-0.25, -0.2) is 4.68 Å². The monoisotopic (exact) mass is 184 g/mol. The van der Waals surface area contributed by atoms with E-state index >= 15 is 0 Å². The molecule has 3 N–H and O–H groups in total. The SMILES string of the molecule is CCC(N)CCNc1nnnn1C. The molecule has 74 valence electrons. The molecule has 0 amide bonds. The van der Waals surface area contributed by atoms with Crippen LogP contribution in [0.2, 0.25) is 0 Å². The Morgan fingerprint density at radius 3 is 2.92 bits per heavy atom. The summed E-state index contributed by atoms with van der Waals surface area (Å²) in [5.41, 5.74) is 5.75. The van der Waals surface area contributed by atoms with Gasteiger partial charge in [0.2, 0.25) is 5.95 Å². The molecule has 1 aromatic heterocycles. The number of rotatable bonds is 5. The van der Waals surface area contributed by atoms with Crippen molar-refractivity contribution >= 4 is 5.95 Å². The summed E-state index contributed by atoms with van der Waals surface area (Å²) in [5, 5.41) is 14.1. The molecule has 0 fully saturated rings. The zero-order chi connectivity index (χ0) is 9.68. The average molecular weight is 184 g/mol. The summed E-state index contributed by atoms with van der Waals surface area (Å²) >= 11 is 0. The molecule has 13 heavy (non-hydrogen) atoms. The van der Waals surface area contributed by atoms with Crippen molar-refractivity contribution in [1.29, 1.82) is 0 Å². The Morgan fingerprint density at radius 2 is 2.38 bits per heavy atom. The molecule has 0 aliphatic carbocycles. The maximum absolute atomic E-state index is 5.75. The molecule has 6 nitrogen and oxygen atoms in total. The van der Waals surface area contributed by atoms with E-state index in [2.05, 4.69) is 27.8 Å². The first-order valence-electron chi connectivity index (χ1n) is 4.45. The largest absolute Gasteiger partial charge is 0.353 e. The molecule has 0 saturated heterocycles. The predicted molar refractivity (Wildman–Crippen MR) is 50.2 cm³/mol. The van der Waals surface area contributed by atoms with Crippen LogP contribution in [0.1, 0.15) is 19.8 Å². The number of nitrogens with zero attached hydrogens (tertiary/aromatic N) is 4. The third kappa shape index (κ3) is 2.98. The minimum Gasteiger partial charge on any atom is -0.353 e. The van der Waals surface area contributed by atoms with Crippen molar-refractivity contribution in [2.45, 2.75) is 25.8 Å². The third-order valence-corrected chi connectivity index (χ3v) is 1.94. The van der Waals surface area contributed by atoms with E-state index in [0.29, 0.717) is 5.95 Å². The van der Waals surface area contributed by atoms with Gasteiger partial charge in [-0.3, -0.25) is 0 Å². The summed E-state index contributed by atoms with van der Waals surface area (Å²) in [6.45, 7) is 2.89. The van der Waals surface area contributed by atoms with Crippen LogP contribution in [0.15, 0.2) is 0 Å². The second-order valence-electron chi connectivity index (χ2n) is 3.01. The van der Waals surface area contributed by atoms with Crippen LogP contribution in [-0.2, 0) is 7.05 Å². The highest BCUT2D eigenvalue weighted by atomic mass is 15.6. The highest BCUT2D eigenvalue weighted by Gasteiger charge is 2.02. The second kappa shape index (κ2) is 4.76. The Hall–Kier alpha value is -1.17. The molecule has 1 rings (SSSR count). The molecular formula is C7H16N6. The summed E-state index contributed by atoms with van der Waals surface area (Å²) in [5.74, 6) is 0.684. The molecular weight excluding hydrogens is 168 g/mol. The van der Waals surface area contributed by atoms with Crippen molar-refractivity contribution in [3.8, 4) is 0 Å². The first-order valence-corrected chi connectivity index (χ1v) is 4.45. The van der Waals surface area contributed by atoms with Gasteiger partial charge in [-0.2, -0.15) is 0 Å². The van der Waals surface area contributed by atoms with Crippen molar-refractivity contribution in [3.05, 3.63) is 0 Å². The summed E-state index contributed by atoms with van der Waals surface area (Å²) in [6.07, 6.45) is 1.93. The molecule has 0 bridgehead atoms. The molecule has 1 heterocycles. The van der Waals surface area contributed by atoms with Crippen molar-refractivity contribution in [3.63, 3.8) is 0 Å². The van der Waals surface area contributed by atoms with Gasteiger partial charge in [0, 0.05) is 19.6 Å². The third-order valence-electron chi connectivity index (χ3n) is 1.94. The van der Waals surface area contributed by atoms with E-state index in [9.17, 15) is 0 Å². The number of nitrogens with one attached hydrogen (secondary N) is 1. The van der Waals surface area contributed by atoms with Crippen LogP contribution < -0.4 is 11.1 Å². The summed E-state index contributed by atoms with van der Waals surface area (Å²) < 4.78 is 1.59. The topological polar surface area (TPSA) is 81.7 Å². The minimum atomic E-state index is 0.258. The van der Waals surface area contributed by atoms with Crippen molar-refractivity contribution in [2.24, 2.45) is 12.8 Å². The molecule has 0 aliphatic rings. The molecule has 0 radical (unpaired) electrons. The zero-order valence-corrected chi connectivity index (χ0v) is 8.06. The van der Waals surface area contributed by atoms with Crippen LogP contribution in [0.25, 0.3) is 0 Å². The summed E-state index contributed by atoms with van der Waals surface area (Å²) in [6, 6.07) is 0.258.